The van der Waals surface area contributed by atoms with E-state index in [4.69, 9.17) is 28.4 Å². The molecule has 0 aromatic heterocycles. The maximum Gasteiger partial charge on any atom is 0.333 e. The number of hydrogen-bond donors (Lipinski definition) is 0. The number of carbonyl (C=O) groups is 6. The van der Waals surface area contributed by atoms with Gasteiger partial charge in [0.25, 0.3) is 0 Å². The van der Waals surface area contributed by atoms with Crippen LogP contribution in [0.15, 0.2) is 48.6 Å². The monoisotopic (exact) mass is 650 g/mol. The zero-order chi connectivity index (χ0) is 35.5. The van der Waals surface area contributed by atoms with E-state index in [2.05, 4.69) is 26.3 Å². The van der Waals surface area contributed by atoms with Crippen LogP contribution in [-0.2, 0) is 57.2 Å². The molecule has 0 aliphatic heterocycles. The lowest BCUT2D eigenvalue weighted by atomic mass is 9.88. The molecule has 0 rings (SSSR count). The summed E-state index contributed by atoms with van der Waals surface area (Å²) in [4.78, 5) is 72.9. The minimum atomic E-state index is -0.987. The van der Waals surface area contributed by atoms with Crippen LogP contribution in [0.2, 0.25) is 0 Å². The maximum absolute atomic E-state index is 12.5. The summed E-state index contributed by atoms with van der Waals surface area (Å²) in [6.45, 7) is 22.7. The van der Waals surface area contributed by atoms with Crippen molar-refractivity contribution < 1.29 is 57.2 Å². The summed E-state index contributed by atoms with van der Waals surface area (Å²) < 4.78 is 32.0. The number of unbranched alkanes of at least 4 members (excludes halogenated alkanes) is 1. The molecular formula is C34H50O12. The fourth-order valence-corrected chi connectivity index (χ4v) is 3.38. The van der Waals surface area contributed by atoms with Crippen molar-refractivity contribution in [1.82, 2.24) is 0 Å². The Morgan fingerprint density at radius 2 is 0.652 bits per heavy atom. The Labute approximate surface area is 272 Å². The standard InChI is InChI=1S/C34H50O12/c1-11-33(19-43-29(37)23(3)4,20-44-30(38)24(5)6)17-41-27(35)15-13-14-16-28(36)42-18-34(12-2,21-45-31(39)25(7)8)22-46-32(40)26(9)10/h3,5,7,9,11-22H2,1-2,4,6,8,10H3. The molecule has 12 heteroatoms. The Balaban J connectivity index is 5.07. The van der Waals surface area contributed by atoms with Crippen LogP contribution in [-0.4, -0.2) is 75.5 Å². The lowest BCUT2D eigenvalue weighted by molar-refractivity contribution is -0.162. The molecule has 0 spiro atoms. The normalized spacial score (nSPS) is 11.0. The SMILES string of the molecule is C=C(C)C(=O)OCC(CC)(COC(=O)CCCCC(=O)OCC(CC)(COC(=O)C(=C)C)COC(=O)C(=C)C)COC(=O)C(=C)C. The average Bonchev–Trinajstić information content (AvgIpc) is 3.01. The van der Waals surface area contributed by atoms with Crippen LogP contribution in [0.3, 0.4) is 0 Å². The van der Waals surface area contributed by atoms with Gasteiger partial charge < -0.3 is 28.4 Å². The molecular weight excluding hydrogens is 600 g/mol. The van der Waals surface area contributed by atoms with Gasteiger partial charge in [0, 0.05) is 35.1 Å². The first-order valence-corrected chi connectivity index (χ1v) is 15.0. The minimum absolute atomic E-state index is 0.00318. The van der Waals surface area contributed by atoms with Crippen molar-refractivity contribution in [2.75, 3.05) is 39.6 Å². The first kappa shape index (κ1) is 41.8. The van der Waals surface area contributed by atoms with Crippen LogP contribution in [0.4, 0.5) is 0 Å². The summed E-state index contributed by atoms with van der Waals surface area (Å²) in [6, 6.07) is 0. The van der Waals surface area contributed by atoms with Gasteiger partial charge in [-0.15, -0.1) is 0 Å². The van der Waals surface area contributed by atoms with Gasteiger partial charge in [-0.25, -0.2) is 19.2 Å². The molecule has 12 nitrogen and oxygen atoms in total. The van der Waals surface area contributed by atoms with Gasteiger partial charge in [-0.3, -0.25) is 9.59 Å². The number of esters is 6. The van der Waals surface area contributed by atoms with Crippen LogP contribution in [0.25, 0.3) is 0 Å². The molecule has 0 amide bonds. The Kier molecular flexibility index (Phi) is 18.8. The first-order valence-electron chi connectivity index (χ1n) is 15.0. The van der Waals surface area contributed by atoms with Gasteiger partial charge in [-0.05, 0) is 53.4 Å². The highest BCUT2D eigenvalue weighted by Crippen LogP contribution is 2.27. The summed E-state index contributed by atoms with van der Waals surface area (Å²) in [5.41, 5.74) is -1.21. The highest BCUT2D eigenvalue weighted by Gasteiger charge is 2.35. The summed E-state index contributed by atoms with van der Waals surface area (Å²) in [7, 11) is 0. The van der Waals surface area contributed by atoms with Gasteiger partial charge in [-0.1, -0.05) is 40.2 Å². The molecule has 0 saturated heterocycles. The van der Waals surface area contributed by atoms with Gasteiger partial charge in [0.2, 0.25) is 0 Å². The molecule has 0 unspecified atom stereocenters. The van der Waals surface area contributed by atoms with Crippen molar-refractivity contribution in [3.8, 4) is 0 Å². The molecule has 0 heterocycles. The highest BCUT2D eigenvalue weighted by molar-refractivity contribution is 5.88. The topological polar surface area (TPSA) is 158 Å². The van der Waals surface area contributed by atoms with Crippen molar-refractivity contribution in [3.63, 3.8) is 0 Å². The second kappa shape index (κ2) is 20.7. The average molecular weight is 651 g/mol. The molecule has 0 aromatic rings. The number of ether oxygens (including phenoxy) is 6. The van der Waals surface area contributed by atoms with E-state index in [1.165, 1.54) is 27.7 Å². The molecule has 0 radical (unpaired) electrons. The van der Waals surface area contributed by atoms with E-state index in [-0.39, 0.29) is 74.8 Å². The fourth-order valence-electron chi connectivity index (χ4n) is 3.38. The molecule has 0 aliphatic rings. The number of carbonyl (C=O) groups excluding carboxylic acids is 6. The van der Waals surface area contributed by atoms with Gasteiger partial charge in [-0.2, -0.15) is 0 Å². The van der Waals surface area contributed by atoms with Crippen LogP contribution in [0, 0.1) is 10.8 Å². The quantitative estimate of drug-likeness (QED) is 0.0638. The number of hydrogen-bond acceptors (Lipinski definition) is 12. The summed E-state index contributed by atoms with van der Waals surface area (Å²) in [5, 5.41) is 0. The van der Waals surface area contributed by atoms with Crippen molar-refractivity contribution in [2.45, 2.75) is 80.1 Å². The van der Waals surface area contributed by atoms with Crippen LogP contribution in [0.1, 0.15) is 80.1 Å². The summed E-state index contributed by atoms with van der Waals surface area (Å²) in [5.74, 6) is -3.60. The predicted octanol–water partition coefficient (Wildman–Crippen LogP) is 4.90. The molecule has 0 bridgehead atoms. The van der Waals surface area contributed by atoms with Crippen LogP contribution in [0.5, 0.6) is 0 Å². The molecule has 258 valence electrons. The third kappa shape index (κ3) is 16.2. The highest BCUT2D eigenvalue weighted by atomic mass is 16.6. The van der Waals surface area contributed by atoms with Gasteiger partial charge >= 0.3 is 35.8 Å². The smallest absolute Gasteiger partial charge is 0.333 e. The molecule has 0 saturated carbocycles. The van der Waals surface area contributed by atoms with Gasteiger partial charge in [0.15, 0.2) is 0 Å². The van der Waals surface area contributed by atoms with E-state index in [0.29, 0.717) is 25.7 Å². The largest absolute Gasteiger partial charge is 0.465 e. The van der Waals surface area contributed by atoms with Crippen LogP contribution < -0.4 is 0 Å². The van der Waals surface area contributed by atoms with Gasteiger partial charge in [0.05, 0.1) is 10.8 Å². The van der Waals surface area contributed by atoms with Crippen molar-refractivity contribution in [2.24, 2.45) is 10.8 Å². The summed E-state index contributed by atoms with van der Waals surface area (Å²) in [6.07, 6.45) is 1.34. The molecule has 46 heavy (non-hydrogen) atoms. The molecule has 0 aromatic carbocycles. The Hall–Kier alpha value is -4.22. The lowest BCUT2D eigenvalue weighted by Gasteiger charge is -2.31. The number of rotatable bonds is 23. The Bertz CT molecular complexity index is 1010. The molecule has 0 atom stereocenters. The third-order valence-electron chi connectivity index (χ3n) is 7.02. The van der Waals surface area contributed by atoms with E-state index < -0.39 is 46.6 Å². The van der Waals surface area contributed by atoms with E-state index in [0.717, 1.165) is 0 Å². The molecule has 0 fully saturated rings. The molecule has 0 aliphatic carbocycles. The molecule has 0 N–H and O–H groups in total. The Morgan fingerprint density at radius 1 is 0.435 bits per heavy atom. The third-order valence-corrected chi connectivity index (χ3v) is 7.02. The van der Waals surface area contributed by atoms with Crippen molar-refractivity contribution in [3.05, 3.63) is 48.6 Å². The predicted molar refractivity (Wildman–Crippen MR) is 169 cm³/mol. The van der Waals surface area contributed by atoms with E-state index >= 15 is 0 Å². The van der Waals surface area contributed by atoms with Crippen molar-refractivity contribution in [1.29, 1.82) is 0 Å². The maximum atomic E-state index is 12.5. The van der Waals surface area contributed by atoms with E-state index in [9.17, 15) is 28.8 Å². The second-order valence-electron chi connectivity index (χ2n) is 11.7. The first-order chi connectivity index (χ1) is 21.4. The van der Waals surface area contributed by atoms with Crippen molar-refractivity contribution >= 4 is 35.8 Å². The summed E-state index contributed by atoms with van der Waals surface area (Å²) >= 11 is 0. The van der Waals surface area contributed by atoms with Crippen LogP contribution >= 0.6 is 0 Å². The van der Waals surface area contributed by atoms with E-state index in [1.54, 1.807) is 13.8 Å². The zero-order valence-corrected chi connectivity index (χ0v) is 28.2. The van der Waals surface area contributed by atoms with E-state index in [1.807, 2.05) is 0 Å². The minimum Gasteiger partial charge on any atom is -0.465 e. The fraction of sp³-hybridized carbons (Fsp3) is 0.588. The zero-order valence-electron chi connectivity index (χ0n) is 28.2. The second-order valence-corrected chi connectivity index (χ2v) is 11.7. The van der Waals surface area contributed by atoms with Gasteiger partial charge in [0.1, 0.15) is 39.6 Å². The Morgan fingerprint density at radius 3 is 0.848 bits per heavy atom. The lowest BCUT2D eigenvalue weighted by Crippen LogP contribution is -2.39.